The first-order valence-electron chi connectivity index (χ1n) is 9.71. The van der Waals surface area contributed by atoms with Crippen LogP contribution >= 0.6 is 0 Å². The Hall–Kier alpha value is -3.64. The molecule has 0 heterocycles. The molecular weight excluding hydrogens is 336 g/mol. The van der Waals surface area contributed by atoms with E-state index in [0.29, 0.717) is 0 Å². The maximum Gasteiger partial charge on any atom is -0.00928 e. The van der Waals surface area contributed by atoms with Gasteiger partial charge in [-0.25, -0.2) is 0 Å². The summed E-state index contributed by atoms with van der Waals surface area (Å²) in [6.07, 6.45) is 0. The van der Waals surface area contributed by atoms with E-state index in [2.05, 4.69) is 109 Å². The summed E-state index contributed by atoms with van der Waals surface area (Å²) in [5.41, 5.74) is 5.15. The van der Waals surface area contributed by atoms with E-state index < -0.39 is 0 Å². The Bertz CT molecular complexity index is 1420. The number of hydrogen-bond donors (Lipinski definition) is 0. The first kappa shape index (κ1) is 15.4. The summed E-state index contributed by atoms with van der Waals surface area (Å²) in [7, 11) is 0. The maximum atomic E-state index is 2.37. The molecule has 0 aliphatic heterocycles. The number of rotatable bonds is 1. The van der Waals surface area contributed by atoms with Crippen LogP contribution in [0.2, 0.25) is 0 Å². The lowest BCUT2D eigenvalue weighted by molar-refractivity contribution is 1.72. The Kier molecular flexibility index (Phi) is 3.27. The Morgan fingerprint density at radius 3 is 1.50 bits per heavy atom. The molecule has 0 bridgehead atoms. The third-order valence-corrected chi connectivity index (χ3v) is 5.85. The van der Waals surface area contributed by atoms with Crippen LogP contribution in [0, 0.1) is 0 Å². The molecule has 130 valence electrons. The van der Waals surface area contributed by atoms with Crippen LogP contribution in [0.4, 0.5) is 0 Å². The molecule has 6 rings (SSSR count). The van der Waals surface area contributed by atoms with Gasteiger partial charge in [0.05, 0.1) is 0 Å². The van der Waals surface area contributed by atoms with Crippen LogP contribution < -0.4 is 0 Å². The van der Waals surface area contributed by atoms with E-state index in [0.717, 1.165) is 0 Å². The van der Waals surface area contributed by atoms with Crippen molar-refractivity contribution in [2.75, 3.05) is 0 Å². The molecule has 0 amide bonds. The summed E-state index contributed by atoms with van der Waals surface area (Å²) in [5.74, 6) is 0. The topological polar surface area (TPSA) is 0 Å². The van der Waals surface area contributed by atoms with Crippen molar-refractivity contribution in [2.24, 2.45) is 0 Å². The van der Waals surface area contributed by atoms with Crippen molar-refractivity contribution >= 4 is 32.3 Å². The third-order valence-electron chi connectivity index (χ3n) is 5.85. The molecule has 0 saturated heterocycles. The molecule has 0 unspecified atom stereocenters. The summed E-state index contributed by atoms with van der Waals surface area (Å²) in [6.45, 7) is 0. The fourth-order valence-corrected chi connectivity index (χ4v) is 4.54. The van der Waals surface area contributed by atoms with Gasteiger partial charge in [0.25, 0.3) is 0 Å². The van der Waals surface area contributed by atoms with Gasteiger partial charge in [-0.3, -0.25) is 0 Å². The number of fused-ring (bicyclic) bond motifs is 7. The minimum Gasteiger partial charge on any atom is -0.0622 e. The summed E-state index contributed by atoms with van der Waals surface area (Å²) < 4.78 is 0. The van der Waals surface area contributed by atoms with E-state index >= 15 is 0 Å². The smallest absolute Gasteiger partial charge is 0.00928 e. The zero-order valence-electron chi connectivity index (χ0n) is 15.4. The van der Waals surface area contributed by atoms with Crippen LogP contribution in [0.1, 0.15) is 0 Å². The second-order valence-corrected chi connectivity index (χ2v) is 7.38. The molecule has 0 N–H and O–H groups in total. The van der Waals surface area contributed by atoms with Gasteiger partial charge in [0.15, 0.2) is 0 Å². The van der Waals surface area contributed by atoms with E-state index in [1.807, 2.05) is 0 Å². The molecule has 0 radical (unpaired) electrons. The molecule has 0 spiro atoms. The van der Waals surface area contributed by atoms with Gasteiger partial charge in [0, 0.05) is 0 Å². The lowest BCUT2D eigenvalue weighted by Crippen LogP contribution is -1.84. The Balaban J connectivity index is 1.72. The maximum absolute atomic E-state index is 2.37. The van der Waals surface area contributed by atoms with Gasteiger partial charge < -0.3 is 0 Å². The molecule has 28 heavy (non-hydrogen) atoms. The van der Waals surface area contributed by atoms with Gasteiger partial charge in [-0.15, -0.1) is 0 Å². The molecule has 4 aromatic carbocycles. The number of benzene rings is 4. The summed E-state index contributed by atoms with van der Waals surface area (Å²) in [6, 6.07) is 39.6. The monoisotopic (exact) mass is 354 g/mol. The van der Waals surface area contributed by atoms with E-state index in [-0.39, 0.29) is 0 Å². The fraction of sp³-hybridized carbons (Fsp3) is 0. The van der Waals surface area contributed by atoms with E-state index in [1.165, 1.54) is 54.6 Å². The normalized spacial score (nSPS) is 11.6. The lowest BCUT2D eigenvalue weighted by atomic mass is 9.92. The first-order chi connectivity index (χ1) is 13.9. The van der Waals surface area contributed by atoms with Crippen LogP contribution in [0.25, 0.3) is 54.6 Å². The molecule has 0 aromatic heterocycles. The zero-order valence-corrected chi connectivity index (χ0v) is 15.4. The van der Waals surface area contributed by atoms with E-state index in [4.69, 9.17) is 0 Å². The molecule has 4 aromatic rings. The van der Waals surface area contributed by atoms with Gasteiger partial charge in [-0.1, -0.05) is 103 Å². The predicted octanol–water partition coefficient (Wildman–Crippen LogP) is 7.92. The molecular formula is C28H18. The van der Waals surface area contributed by atoms with Crippen molar-refractivity contribution < 1.29 is 0 Å². The third kappa shape index (κ3) is 2.18. The Morgan fingerprint density at radius 2 is 0.786 bits per heavy atom. The second kappa shape index (κ2) is 5.94. The molecule has 0 atom stereocenters. The minimum atomic E-state index is 1.27. The van der Waals surface area contributed by atoms with E-state index in [9.17, 15) is 0 Å². The Labute approximate surface area is 164 Å². The molecule has 0 saturated carbocycles. The van der Waals surface area contributed by atoms with Gasteiger partial charge >= 0.3 is 0 Å². The van der Waals surface area contributed by atoms with Crippen molar-refractivity contribution in [2.45, 2.75) is 0 Å². The molecule has 2 aliphatic carbocycles. The largest absolute Gasteiger partial charge is 0.0622 e. The van der Waals surface area contributed by atoms with Crippen molar-refractivity contribution in [3.05, 3.63) is 109 Å². The van der Waals surface area contributed by atoms with E-state index in [1.54, 1.807) is 0 Å². The summed E-state index contributed by atoms with van der Waals surface area (Å²) in [4.78, 5) is 0. The molecule has 0 fully saturated rings. The zero-order chi connectivity index (χ0) is 18.5. The van der Waals surface area contributed by atoms with Crippen LogP contribution in [0.3, 0.4) is 0 Å². The molecule has 2 aliphatic rings. The van der Waals surface area contributed by atoms with Crippen molar-refractivity contribution in [1.82, 2.24) is 0 Å². The second-order valence-electron chi connectivity index (χ2n) is 7.38. The Morgan fingerprint density at radius 1 is 0.286 bits per heavy atom. The van der Waals surface area contributed by atoms with Crippen LogP contribution in [-0.2, 0) is 0 Å². The molecule has 0 nitrogen and oxygen atoms in total. The van der Waals surface area contributed by atoms with Gasteiger partial charge in [0.2, 0.25) is 0 Å². The standard InChI is InChI=1S/C28H18/c1-2-8-19-14-16-22(21(19)9-3-1)20-15-17-27-25-12-5-4-10-23(25)24-11-6-7-13-26(24)28(27)18-20/h1-18H. The van der Waals surface area contributed by atoms with Crippen molar-refractivity contribution in [1.29, 1.82) is 0 Å². The average Bonchev–Trinajstić information content (AvgIpc) is 3.02. The highest BCUT2D eigenvalue weighted by Crippen LogP contribution is 2.40. The van der Waals surface area contributed by atoms with Gasteiger partial charge in [-0.2, -0.15) is 0 Å². The first-order valence-corrected chi connectivity index (χ1v) is 9.71. The quantitative estimate of drug-likeness (QED) is 0.263. The average molecular weight is 354 g/mol. The lowest BCUT2D eigenvalue weighted by Gasteiger charge is -2.12. The SMILES string of the molecule is c1ccc2ccc(-c3ccc4c5ccccc5c5ccccc5c4c3)c-2cc1. The van der Waals surface area contributed by atoms with Crippen LogP contribution in [-0.4, -0.2) is 0 Å². The minimum absolute atomic E-state index is 1.27. The highest BCUT2D eigenvalue weighted by atomic mass is 14.2. The van der Waals surface area contributed by atoms with Crippen molar-refractivity contribution in [3.8, 4) is 22.3 Å². The highest BCUT2D eigenvalue weighted by molar-refractivity contribution is 6.25. The highest BCUT2D eigenvalue weighted by Gasteiger charge is 2.13. The summed E-state index contributed by atoms with van der Waals surface area (Å²) >= 11 is 0. The van der Waals surface area contributed by atoms with Gasteiger partial charge in [0.1, 0.15) is 0 Å². The van der Waals surface area contributed by atoms with Crippen LogP contribution in [0.15, 0.2) is 109 Å². The van der Waals surface area contributed by atoms with Crippen molar-refractivity contribution in [3.63, 3.8) is 0 Å². The number of hydrogen-bond acceptors (Lipinski definition) is 0. The summed E-state index contributed by atoms with van der Waals surface area (Å²) in [5, 5.41) is 7.92. The fourth-order valence-electron chi connectivity index (χ4n) is 4.54. The molecule has 0 heteroatoms. The van der Waals surface area contributed by atoms with Crippen LogP contribution in [0.5, 0.6) is 0 Å². The van der Waals surface area contributed by atoms with Gasteiger partial charge in [-0.05, 0) is 60.6 Å². The predicted molar refractivity (Wildman–Crippen MR) is 121 cm³/mol.